The van der Waals surface area contributed by atoms with Gasteiger partial charge in [-0.1, -0.05) is 30.3 Å². The van der Waals surface area contributed by atoms with Gasteiger partial charge in [0.2, 0.25) is 0 Å². The van der Waals surface area contributed by atoms with Gasteiger partial charge in [0.15, 0.2) is 5.96 Å². The number of aromatic nitrogens is 1. The summed E-state index contributed by atoms with van der Waals surface area (Å²) < 4.78 is 5.65. The van der Waals surface area contributed by atoms with Crippen LogP contribution in [0.4, 0.5) is 5.82 Å². The molecule has 0 unspecified atom stereocenters. The first kappa shape index (κ1) is 20.1. The zero-order valence-electron chi connectivity index (χ0n) is 17.1. The van der Waals surface area contributed by atoms with Crippen molar-refractivity contribution in [1.82, 2.24) is 15.2 Å². The van der Waals surface area contributed by atoms with E-state index in [0.29, 0.717) is 6.61 Å². The maximum atomic E-state index is 5.65. The van der Waals surface area contributed by atoms with Crippen molar-refractivity contribution >= 4 is 11.8 Å². The van der Waals surface area contributed by atoms with Crippen LogP contribution in [0.3, 0.4) is 0 Å². The lowest BCUT2D eigenvalue weighted by Gasteiger charge is -2.37. The van der Waals surface area contributed by atoms with Crippen LogP contribution in [0.2, 0.25) is 0 Å². The first-order valence-corrected chi connectivity index (χ1v) is 9.96. The second kappa shape index (κ2) is 10.1. The summed E-state index contributed by atoms with van der Waals surface area (Å²) in [6.07, 6.45) is 2.10. The van der Waals surface area contributed by atoms with Crippen molar-refractivity contribution in [2.75, 3.05) is 38.1 Å². The third kappa shape index (κ3) is 5.70. The summed E-state index contributed by atoms with van der Waals surface area (Å²) in [5.41, 5.74) is 2.44. The number of anilines is 1. The van der Waals surface area contributed by atoms with Crippen LogP contribution in [0, 0.1) is 0 Å². The van der Waals surface area contributed by atoms with Crippen LogP contribution >= 0.6 is 0 Å². The highest BCUT2D eigenvalue weighted by Gasteiger charge is 2.20. The highest BCUT2D eigenvalue weighted by atomic mass is 16.5. The molecule has 1 N–H and O–H groups in total. The van der Waals surface area contributed by atoms with Gasteiger partial charge in [-0.05, 0) is 37.1 Å². The molecular formula is C22H31N5O. The Morgan fingerprint density at radius 2 is 1.79 bits per heavy atom. The first-order valence-electron chi connectivity index (χ1n) is 9.96. The lowest BCUT2D eigenvalue weighted by Crippen LogP contribution is -2.52. The molecule has 1 aromatic heterocycles. The summed E-state index contributed by atoms with van der Waals surface area (Å²) in [7, 11) is 1.85. The van der Waals surface area contributed by atoms with Gasteiger partial charge in [0, 0.05) is 46.0 Å². The average Bonchev–Trinajstić information content (AvgIpc) is 2.74. The van der Waals surface area contributed by atoms with Crippen molar-refractivity contribution in [3.8, 4) is 0 Å². The number of piperazine rings is 1. The van der Waals surface area contributed by atoms with Crippen molar-refractivity contribution in [3.63, 3.8) is 0 Å². The maximum Gasteiger partial charge on any atom is 0.194 e. The molecule has 0 amide bonds. The van der Waals surface area contributed by atoms with Gasteiger partial charge in [-0.2, -0.15) is 0 Å². The molecule has 28 heavy (non-hydrogen) atoms. The monoisotopic (exact) mass is 381 g/mol. The molecule has 1 aliphatic heterocycles. The summed E-state index contributed by atoms with van der Waals surface area (Å²) in [5.74, 6) is 2.00. The largest absolute Gasteiger partial charge is 0.374 e. The number of ether oxygens (including phenoxy) is 1. The van der Waals surface area contributed by atoms with Crippen LogP contribution in [-0.2, 0) is 17.9 Å². The highest BCUT2D eigenvalue weighted by Crippen LogP contribution is 2.13. The molecule has 6 heteroatoms. The molecule has 2 aromatic rings. The smallest absolute Gasteiger partial charge is 0.194 e. The summed E-state index contributed by atoms with van der Waals surface area (Å²) in [5, 5.41) is 3.49. The zero-order chi connectivity index (χ0) is 19.8. The maximum absolute atomic E-state index is 5.65. The second-order valence-electron chi connectivity index (χ2n) is 7.24. The summed E-state index contributed by atoms with van der Waals surface area (Å²) in [6, 6.07) is 14.6. The average molecular weight is 382 g/mol. The Morgan fingerprint density at radius 3 is 2.39 bits per heavy atom. The van der Waals surface area contributed by atoms with Gasteiger partial charge in [0.05, 0.1) is 12.7 Å². The van der Waals surface area contributed by atoms with E-state index in [9.17, 15) is 0 Å². The lowest BCUT2D eigenvalue weighted by molar-refractivity contribution is 0.0657. The number of hydrogen-bond acceptors (Lipinski definition) is 4. The second-order valence-corrected chi connectivity index (χ2v) is 7.24. The van der Waals surface area contributed by atoms with Crippen molar-refractivity contribution in [1.29, 1.82) is 0 Å². The van der Waals surface area contributed by atoms with Gasteiger partial charge in [-0.15, -0.1) is 0 Å². The number of benzene rings is 1. The number of rotatable bonds is 6. The van der Waals surface area contributed by atoms with Crippen LogP contribution in [0.15, 0.2) is 53.7 Å². The Bertz CT molecular complexity index is 737. The number of nitrogens with one attached hydrogen (secondary N) is 1. The number of hydrogen-bond donors (Lipinski definition) is 1. The third-order valence-electron chi connectivity index (χ3n) is 4.82. The molecule has 1 fully saturated rings. The Labute approximate surface area is 168 Å². The Balaban J connectivity index is 1.47. The highest BCUT2D eigenvalue weighted by molar-refractivity contribution is 5.80. The standard InChI is InChI=1S/C22H31N5O/c1-18(2)28-17-20-9-7-19(8-10-20)16-25-22(23-3)27-14-12-26(13-15-27)21-6-4-5-11-24-21/h4-11,18H,12-17H2,1-3H3,(H,23,25). The molecule has 2 heterocycles. The summed E-state index contributed by atoms with van der Waals surface area (Å²) in [6.45, 7) is 9.29. The van der Waals surface area contributed by atoms with Gasteiger partial charge < -0.3 is 19.9 Å². The minimum absolute atomic E-state index is 0.253. The molecule has 1 aliphatic rings. The fraction of sp³-hybridized carbons (Fsp3) is 0.455. The van der Waals surface area contributed by atoms with Gasteiger partial charge in [0.1, 0.15) is 5.82 Å². The van der Waals surface area contributed by atoms with Crippen LogP contribution in [0.5, 0.6) is 0 Å². The Hall–Kier alpha value is -2.60. The summed E-state index contributed by atoms with van der Waals surface area (Å²) >= 11 is 0. The van der Waals surface area contributed by atoms with E-state index in [1.807, 2.05) is 25.4 Å². The van der Waals surface area contributed by atoms with Crippen LogP contribution in [0.25, 0.3) is 0 Å². The van der Waals surface area contributed by atoms with Crippen molar-refractivity contribution in [2.45, 2.75) is 33.1 Å². The molecule has 0 atom stereocenters. The minimum Gasteiger partial charge on any atom is -0.374 e. The van der Waals surface area contributed by atoms with Crippen molar-refractivity contribution < 1.29 is 4.74 Å². The fourth-order valence-electron chi connectivity index (χ4n) is 3.22. The SMILES string of the molecule is CN=C(NCc1ccc(COC(C)C)cc1)N1CCN(c2ccccn2)CC1. The molecule has 6 nitrogen and oxygen atoms in total. The Morgan fingerprint density at radius 1 is 1.07 bits per heavy atom. The Kier molecular flexibility index (Phi) is 7.25. The van der Waals surface area contributed by atoms with Gasteiger partial charge in [0.25, 0.3) is 0 Å². The molecule has 0 saturated carbocycles. The van der Waals surface area contributed by atoms with Crippen molar-refractivity contribution in [2.24, 2.45) is 4.99 Å². The van der Waals surface area contributed by atoms with E-state index in [1.165, 1.54) is 11.1 Å². The summed E-state index contributed by atoms with van der Waals surface area (Å²) in [4.78, 5) is 13.6. The number of aliphatic imine (C=N–C) groups is 1. The van der Waals surface area contributed by atoms with E-state index in [1.54, 1.807) is 0 Å². The van der Waals surface area contributed by atoms with E-state index >= 15 is 0 Å². The van der Waals surface area contributed by atoms with E-state index in [-0.39, 0.29) is 6.10 Å². The molecular weight excluding hydrogens is 350 g/mol. The first-order chi connectivity index (χ1) is 13.7. The predicted molar refractivity (Wildman–Crippen MR) is 115 cm³/mol. The molecule has 3 rings (SSSR count). The van der Waals surface area contributed by atoms with E-state index in [2.05, 4.69) is 69.3 Å². The van der Waals surface area contributed by atoms with Crippen LogP contribution in [0.1, 0.15) is 25.0 Å². The van der Waals surface area contributed by atoms with Gasteiger partial charge >= 0.3 is 0 Å². The number of nitrogens with zero attached hydrogens (tertiary/aromatic N) is 4. The van der Waals surface area contributed by atoms with Crippen LogP contribution < -0.4 is 10.2 Å². The number of pyridine rings is 1. The lowest BCUT2D eigenvalue weighted by atomic mass is 10.1. The zero-order valence-corrected chi connectivity index (χ0v) is 17.1. The van der Waals surface area contributed by atoms with E-state index in [0.717, 1.165) is 44.5 Å². The quantitative estimate of drug-likeness (QED) is 0.616. The molecule has 0 aliphatic carbocycles. The minimum atomic E-state index is 0.253. The van der Waals surface area contributed by atoms with E-state index in [4.69, 9.17) is 4.74 Å². The molecule has 1 aromatic carbocycles. The molecule has 1 saturated heterocycles. The van der Waals surface area contributed by atoms with Crippen LogP contribution in [-0.4, -0.2) is 55.2 Å². The van der Waals surface area contributed by atoms with Gasteiger partial charge in [-0.3, -0.25) is 4.99 Å². The molecule has 0 bridgehead atoms. The van der Waals surface area contributed by atoms with Gasteiger partial charge in [-0.25, -0.2) is 4.98 Å². The molecule has 150 valence electrons. The normalized spacial score (nSPS) is 15.2. The fourth-order valence-corrected chi connectivity index (χ4v) is 3.22. The third-order valence-corrected chi connectivity index (χ3v) is 4.82. The number of guanidine groups is 1. The van der Waals surface area contributed by atoms with Crippen molar-refractivity contribution in [3.05, 3.63) is 59.8 Å². The topological polar surface area (TPSA) is 53.0 Å². The predicted octanol–water partition coefficient (Wildman–Crippen LogP) is 2.90. The molecule has 0 spiro atoms. The van der Waals surface area contributed by atoms with E-state index < -0.39 is 0 Å². The molecule has 0 radical (unpaired) electrons.